The molecule has 0 saturated carbocycles. The Morgan fingerprint density at radius 1 is 0.388 bits per heavy atom. The van der Waals surface area contributed by atoms with Gasteiger partial charge in [0.15, 0.2) is 5.16 Å². The number of thioether (sulfide) groups is 2. The van der Waals surface area contributed by atoms with Gasteiger partial charge in [0.2, 0.25) is 53.5 Å². The van der Waals surface area contributed by atoms with Crippen LogP contribution < -0.4 is 70.8 Å². The third kappa shape index (κ3) is 18.1. The van der Waals surface area contributed by atoms with E-state index in [1.165, 1.54) is 11.8 Å². The van der Waals surface area contributed by atoms with Crippen molar-refractivity contribution >= 4 is 106 Å². The maximum Gasteiger partial charge on any atom is 0.229 e. The van der Waals surface area contributed by atoms with Crippen molar-refractivity contribution in [1.82, 2.24) is 54.8 Å². The third-order valence-electron chi connectivity index (χ3n) is 8.57. The molecular formula is C39H54Cl2N24S2. The Balaban J connectivity index is 1.05. The molecule has 0 aliphatic carbocycles. The predicted octanol–water partition coefficient (Wildman–Crippen LogP) is 3.19. The molecule has 6 aromatic rings. The predicted molar refractivity (Wildman–Crippen MR) is 272 cm³/mol. The van der Waals surface area contributed by atoms with Crippen LogP contribution in [0.25, 0.3) is 0 Å². The lowest BCUT2D eigenvalue weighted by Gasteiger charge is -2.13. The van der Waals surface area contributed by atoms with Crippen LogP contribution >= 0.6 is 46.7 Å². The molecule has 0 atom stereocenters. The first-order valence-corrected chi connectivity index (χ1v) is 23.9. The lowest BCUT2D eigenvalue weighted by Crippen LogP contribution is -2.21. The maximum atomic E-state index is 6.13. The number of nitrogens with two attached hydrogens (primary N) is 4. The van der Waals surface area contributed by atoms with E-state index in [0.717, 1.165) is 16.2 Å². The Bertz CT molecular complexity index is 2420. The summed E-state index contributed by atoms with van der Waals surface area (Å²) in [5.74, 6) is 5.07. The molecule has 0 aliphatic heterocycles. The lowest BCUT2D eigenvalue weighted by molar-refractivity contribution is 0.878. The van der Waals surface area contributed by atoms with E-state index in [9.17, 15) is 0 Å². The minimum atomic E-state index is 0.0801. The molecule has 0 amide bonds. The molecule has 0 bridgehead atoms. The van der Waals surface area contributed by atoms with Gasteiger partial charge in [0.05, 0.1) is 0 Å². The molecule has 0 aliphatic rings. The van der Waals surface area contributed by atoms with Crippen molar-refractivity contribution in [2.24, 2.45) is 17.2 Å². The van der Waals surface area contributed by atoms with Crippen LogP contribution in [0.2, 0.25) is 10.0 Å². The standard InChI is InChI=1S/C39H54Cl2N24S2/c40-26-5-1-24(2-6-26)22-66-29-21-28(46-15-16-54-38-63-37(49-14-11-44)64-39(65-38)67-23-25-3-7-27(41)8-4-25)55-31(56-29)50-17-19-52-35-60-34(48-13-10-43)61-36(62-35)53-20-18-51-33-58-30(45)57-32(59-33)47-12-9-42/h1-8,21H,9-20,22-23,42-44H2,(H2,46,50,55,56)(H2,49,54,63,64,65)(H4,45,47,51,57,58,59)(H3,48,52,53,60,61,62). The molecule has 4 heterocycles. The number of hydrogen-bond donors (Lipinski definition) is 13. The molecule has 67 heavy (non-hydrogen) atoms. The first-order chi connectivity index (χ1) is 32.7. The van der Waals surface area contributed by atoms with E-state index in [0.29, 0.717) is 159 Å². The number of rotatable bonds is 30. The van der Waals surface area contributed by atoms with Crippen LogP contribution in [0.4, 0.5) is 59.4 Å². The Morgan fingerprint density at radius 3 is 1.15 bits per heavy atom. The summed E-state index contributed by atoms with van der Waals surface area (Å²) in [7, 11) is 0. The summed E-state index contributed by atoms with van der Waals surface area (Å²) in [4.78, 5) is 49.3. The molecule has 24 nitrogen and oxygen atoms in total. The number of aromatic nitrogens is 11. The fraction of sp³-hybridized carbons (Fsp3) is 0.359. The second-order valence-electron chi connectivity index (χ2n) is 13.9. The molecule has 28 heteroatoms. The topological polar surface area (TPSA) is 354 Å². The number of nitrogen functional groups attached to an aromatic ring is 1. The number of hydrogen-bond acceptors (Lipinski definition) is 26. The summed E-state index contributed by atoms with van der Waals surface area (Å²) in [5, 5.41) is 31.6. The Labute approximate surface area is 405 Å². The second-order valence-corrected chi connectivity index (χ2v) is 16.7. The first-order valence-electron chi connectivity index (χ1n) is 21.2. The minimum Gasteiger partial charge on any atom is -0.368 e. The zero-order chi connectivity index (χ0) is 47.1. The molecule has 356 valence electrons. The Kier molecular flexibility index (Phi) is 20.5. The molecule has 6 rings (SSSR count). The van der Waals surface area contributed by atoms with Crippen molar-refractivity contribution in [3.63, 3.8) is 0 Å². The van der Waals surface area contributed by atoms with E-state index in [4.69, 9.17) is 56.1 Å². The van der Waals surface area contributed by atoms with Crippen molar-refractivity contribution in [2.45, 2.75) is 21.7 Å². The van der Waals surface area contributed by atoms with Crippen molar-refractivity contribution in [1.29, 1.82) is 0 Å². The monoisotopic (exact) mass is 992 g/mol. The fourth-order valence-electron chi connectivity index (χ4n) is 5.49. The SMILES string of the molecule is NCCNc1nc(N)nc(NCCNc2nc(NCCN)nc(NCCNc3nc(NCCNc4nc(NCCN)nc(SCc5ccc(Cl)cc5)n4)cc(SCc4ccc(Cl)cc4)n3)n2)n1. The summed E-state index contributed by atoms with van der Waals surface area (Å²) >= 11 is 15.3. The van der Waals surface area contributed by atoms with Gasteiger partial charge < -0.3 is 70.8 Å². The van der Waals surface area contributed by atoms with Gasteiger partial charge in [-0.25, -0.2) is 4.98 Å². The average molecular weight is 994 g/mol. The Hall–Kier alpha value is -6.29. The van der Waals surface area contributed by atoms with Gasteiger partial charge in [0, 0.05) is 106 Å². The van der Waals surface area contributed by atoms with Crippen LogP contribution in [-0.2, 0) is 11.5 Å². The zero-order valence-electron chi connectivity index (χ0n) is 36.4. The Morgan fingerprint density at radius 2 is 0.731 bits per heavy atom. The number of anilines is 10. The minimum absolute atomic E-state index is 0.0801. The van der Waals surface area contributed by atoms with Crippen molar-refractivity contribution in [3.05, 3.63) is 75.8 Å². The van der Waals surface area contributed by atoms with Gasteiger partial charge in [-0.1, -0.05) is 59.2 Å². The number of nitrogens with zero attached hydrogens (tertiary/aromatic N) is 11. The molecule has 2 aromatic carbocycles. The number of halogens is 2. The molecule has 0 unspecified atom stereocenters. The summed E-state index contributed by atoms with van der Waals surface area (Å²) in [6.07, 6.45) is 0. The van der Waals surface area contributed by atoms with Gasteiger partial charge in [0.25, 0.3) is 0 Å². The quantitative estimate of drug-likeness (QED) is 0.0175. The van der Waals surface area contributed by atoms with Gasteiger partial charge >= 0.3 is 0 Å². The van der Waals surface area contributed by atoms with Crippen LogP contribution in [0.1, 0.15) is 11.1 Å². The third-order valence-corrected chi connectivity index (χ3v) is 11.0. The molecule has 0 saturated heterocycles. The van der Waals surface area contributed by atoms with Crippen molar-refractivity contribution in [2.75, 3.05) is 132 Å². The van der Waals surface area contributed by atoms with Gasteiger partial charge in [-0.05, 0) is 35.4 Å². The van der Waals surface area contributed by atoms with E-state index < -0.39 is 0 Å². The lowest BCUT2D eigenvalue weighted by atomic mass is 10.2. The molecule has 4 aromatic heterocycles. The van der Waals surface area contributed by atoms with Gasteiger partial charge in [-0.15, -0.1) is 11.8 Å². The summed E-state index contributed by atoms with van der Waals surface area (Å²) in [5.41, 5.74) is 25.1. The molecule has 0 radical (unpaired) electrons. The van der Waals surface area contributed by atoms with Gasteiger partial charge in [0.1, 0.15) is 10.8 Å². The smallest absolute Gasteiger partial charge is 0.229 e. The largest absolute Gasteiger partial charge is 0.368 e. The fourth-order valence-corrected chi connectivity index (χ4v) is 7.39. The summed E-state index contributed by atoms with van der Waals surface area (Å²) in [6.45, 7) is 5.42. The normalized spacial score (nSPS) is 10.9. The second kappa shape index (κ2) is 27.4. The highest BCUT2D eigenvalue weighted by molar-refractivity contribution is 7.98. The average Bonchev–Trinajstić information content (AvgIpc) is 3.33. The zero-order valence-corrected chi connectivity index (χ0v) is 39.5. The van der Waals surface area contributed by atoms with Gasteiger partial charge in [-0.3, -0.25) is 0 Å². The van der Waals surface area contributed by atoms with E-state index in [1.54, 1.807) is 11.8 Å². The highest BCUT2D eigenvalue weighted by Gasteiger charge is 2.12. The van der Waals surface area contributed by atoms with Crippen LogP contribution in [0, 0.1) is 0 Å². The molecule has 0 spiro atoms. The maximum absolute atomic E-state index is 6.13. The van der Waals surface area contributed by atoms with E-state index in [-0.39, 0.29) is 5.95 Å². The molecule has 17 N–H and O–H groups in total. The molecular weight excluding hydrogens is 940 g/mol. The first kappa shape index (κ1) is 50.1. The van der Waals surface area contributed by atoms with Crippen LogP contribution in [0.5, 0.6) is 0 Å². The van der Waals surface area contributed by atoms with Crippen LogP contribution in [-0.4, -0.2) is 133 Å². The number of benzene rings is 2. The molecule has 0 fully saturated rings. The van der Waals surface area contributed by atoms with E-state index in [1.807, 2.05) is 54.6 Å². The highest BCUT2D eigenvalue weighted by Crippen LogP contribution is 2.26. The summed E-state index contributed by atoms with van der Waals surface area (Å²) in [6, 6.07) is 17.3. The van der Waals surface area contributed by atoms with Crippen LogP contribution in [0.3, 0.4) is 0 Å². The number of nitrogens with one attached hydrogen (secondary N) is 9. The van der Waals surface area contributed by atoms with Crippen molar-refractivity contribution in [3.8, 4) is 0 Å². The van der Waals surface area contributed by atoms with Crippen molar-refractivity contribution < 1.29 is 0 Å². The van der Waals surface area contributed by atoms with E-state index >= 15 is 0 Å². The van der Waals surface area contributed by atoms with E-state index in [2.05, 4.69) is 92.7 Å². The summed E-state index contributed by atoms with van der Waals surface area (Å²) < 4.78 is 0. The van der Waals surface area contributed by atoms with Gasteiger partial charge in [-0.2, -0.15) is 49.8 Å². The highest BCUT2D eigenvalue weighted by atomic mass is 35.5. The van der Waals surface area contributed by atoms with Crippen LogP contribution in [0.15, 0.2) is 64.8 Å².